The van der Waals surface area contributed by atoms with Gasteiger partial charge in [-0.05, 0) is 18.2 Å². The molecule has 0 aliphatic rings. The lowest BCUT2D eigenvalue weighted by Crippen LogP contribution is -2.00. The molecule has 86 valence electrons. The summed E-state index contributed by atoms with van der Waals surface area (Å²) in [5.41, 5.74) is 6.16. The van der Waals surface area contributed by atoms with Crippen molar-refractivity contribution in [3.05, 3.63) is 48.3 Å². The predicted octanol–water partition coefficient (Wildman–Crippen LogP) is 2.15. The molecule has 0 aliphatic heterocycles. The molecule has 1 aromatic carbocycles. The normalized spacial score (nSPS) is 9.88. The van der Waals surface area contributed by atoms with Crippen molar-refractivity contribution in [2.45, 2.75) is 0 Å². The van der Waals surface area contributed by atoms with Crippen LogP contribution in [0.25, 0.3) is 0 Å². The second-order valence-electron chi connectivity index (χ2n) is 3.32. The number of ether oxygens (including phenoxy) is 1. The second-order valence-corrected chi connectivity index (χ2v) is 3.32. The van der Waals surface area contributed by atoms with Gasteiger partial charge in [0.15, 0.2) is 5.75 Å². The van der Waals surface area contributed by atoms with Gasteiger partial charge >= 0.3 is 5.97 Å². The highest BCUT2D eigenvalue weighted by atomic mass is 16.5. The van der Waals surface area contributed by atoms with E-state index in [1.165, 1.54) is 18.5 Å². The maximum absolute atomic E-state index is 11.0. The summed E-state index contributed by atoms with van der Waals surface area (Å²) in [5.74, 6) is -0.482. The predicted molar refractivity (Wildman–Crippen MR) is 62.1 cm³/mol. The van der Waals surface area contributed by atoms with E-state index in [0.29, 0.717) is 11.4 Å². The van der Waals surface area contributed by atoms with E-state index < -0.39 is 5.97 Å². The Morgan fingerprint density at radius 3 is 2.71 bits per heavy atom. The Kier molecular flexibility index (Phi) is 2.91. The summed E-state index contributed by atoms with van der Waals surface area (Å²) < 4.78 is 5.43. The molecule has 5 nitrogen and oxygen atoms in total. The molecule has 17 heavy (non-hydrogen) atoms. The van der Waals surface area contributed by atoms with E-state index in [1.807, 2.05) is 0 Å². The molecule has 0 unspecified atom stereocenters. The fraction of sp³-hybridized carbons (Fsp3) is 0. The molecule has 2 aromatic rings. The number of hydrogen-bond donors (Lipinski definition) is 2. The smallest absolute Gasteiger partial charge is 0.339 e. The number of pyridine rings is 1. The summed E-state index contributed by atoms with van der Waals surface area (Å²) in [5, 5.41) is 8.99. The number of para-hydroxylation sites is 1. The highest BCUT2D eigenvalue weighted by Crippen LogP contribution is 2.28. The molecule has 0 amide bonds. The molecule has 3 N–H and O–H groups in total. The first-order valence-electron chi connectivity index (χ1n) is 4.88. The van der Waals surface area contributed by atoms with Crippen molar-refractivity contribution in [3.63, 3.8) is 0 Å². The monoisotopic (exact) mass is 230 g/mol. The fourth-order valence-electron chi connectivity index (χ4n) is 1.33. The zero-order valence-corrected chi connectivity index (χ0v) is 8.83. The van der Waals surface area contributed by atoms with E-state index in [9.17, 15) is 4.79 Å². The molecule has 0 saturated carbocycles. The standard InChI is InChI=1S/C12H10N2O3/c13-9-5-6-14-7-11(9)17-10-4-2-1-3-8(10)12(15)16/h1-7H,(H2,13,14)(H,15,16). The number of rotatable bonds is 3. The average molecular weight is 230 g/mol. The van der Waals surface area contributed by atoms with Crippen molar-refractivity contribution in [3.8, 4) is 11.5 Å². The number of benzene rings is 1. The van der Waals surface area contributed by atoms with Crippen LogP contribution in [0, 0.1) is 0 Å². The van der Waals surface area contributed by atoms with Gasteiger partial charge in [0.2, 0.25) is 0 Å². The minimum Gasteiger partial charge on any atom is -0.478 e. The summed E-state index contributed by atoms with van der Waals surface area (Å²) in [6, 6.07) is 7.93. The Labute approximate surface area is 97.5 Å². The zero-order valence-electron chi connectivity index (χ0n) is 8.83. The summed E-state index contributed by atoms with van der Waals surface area (Å²) in [6.45, 7) is 0. The Morgan fingerprint density at radius 2 is 2.00 bits per heavy atom. The molecule has 1 aromatic heterocycles. The molecule has 5 heteroatoms. The van der Waals surface area contributed by atoms with E-state index in [0.717, 1.165) is 0 Å². The summed E-state index contributed by atoms with van der Waals surface area (Å²) in [6.07, 6.45) is 2.97. The largest absolute Gasteiger partial charge is 0.478 e. The van der Waals surface area contributed by atoms with Crippen LogP contribution in [0.2, 0.25) is 0 Å². The molecule has 0 saturated heterocycles. The number of nitrogens with two attached hydrogens (primary N) is 1. The SMILES string of the molecule is Nc1ccncc1Oc1ccccc1C(=O)O. The van der Waals surface area contributed by atoms with Crippen LogP contribution in [0.4, 0.5) is 5.69 Å². The van der Waals surface area contributed by atoms with Crippen molar-refractivity contribution in [2.24, 2.45) is 0 Å². The molecule has 0 spiro atoms. The maximum atomic E-state index is 11.0. The van der Waals surface area contributed by atoms with E-state index in [-0.39, 0.29) is 11.3 Å². The van der Waals surface area contributed by atoms with Crippen LogP contribution >= 0.6 is 0 Å². The molecule has 1 heterocycles. The average Bonchev–Trinajstić information content (AvgIpc) is 2.32. The summed E-state index contributed by atoms with van der Waals surface area (Å²) in [7, 11) is 0. The van der Waals surface area contributed by atoms with Gasteiger partial charge in [0.25, 0.3) is 0 Å². The number of aromatic carboxylic acids is 1. The van der Waals surface area contributed by atoms with Gasteiger partial charge < -0.3 is 15.6 Å². The van der Waals surface area contributed by atoms with Crippen LogP contribution in [0.5, 0.6) is 11.5 Å². The third kappa shape index (κ3) is 2.34. The van der Waals surface area contributed by atoms with Crippen molar-refractivity contribution in [1.82, 2.24) is 4.98 Å². The number of carboxylic acids is 1. The van der Waals surface area contributed by atoms with Gasteiger partial charge in [0.05, 0.1) is 11.9 Å². The second kappa shape index (κ2) is 4.52. The first-order valence-corrected chi connectivity index (χ1v) is 4.88. The van der Waals surface area contributed by atoms with Crippen LogP contribution in [0.15, 0.2) is 42.7 Å². The van der Waals surface area contributed by atoms with Crippen molar-refractivity contribution < 1.29 is 14.6 Å². The lowest BCUT2D eigenvalue weighted by atomic mass is 10.2. The molecule has 0 radical (unpaired) electrons. The van der Waals surface area contributed by atoms with E-state index >= 15 is 0 Å². The van der Waals surface area contributed by atoms with E-state index in [4.69, 9.17) is 15.6 Å². The van der Waals surface area contributed by atoms with Crippen LogP contribution < -0.4 is 10.5 Å². The topological polar surface area (TPSA) is 85.4 Å². The van der Waals surface area contributed by atoms with E-state index in [2.05, 4.69) is 4.98 Å². The third-order valence-corrected chi connectivity index (χ3v) is 2.15. The van der Waals surface area contributed by atoms with Gasteiger partial charge in [-0.1, -0.05) is 12.1 Å². The quantitative estimate of drug-likeness (QED) is 0.843. The number of hydrogen-bond acceptors (Lipinski definition) is 4. The lowest BCUT2D eigenvalue weighted by Gasteiger charge is -2.09. The van der Waals surface area contributed by atoms with Gasteiger partial charge in [0, 0.05) is 6.20 Å². The first-order chi connectivity index (χ1) is 8.18. The molecular weight excluding hydrogens is 220 g/mol. The summed E-state index contributed by atoms with van der Waals surface area (Å²) in [4.78, 5) is 14.8. The minimum absolute atomic E-state index is 0.0794. The van der Waals surface area contributed by atoms with Crippen LogP contribution in [-0.4, -0.2) is 16.1 Å². The molecule has 2 rings (SSSR count). The number of anilines is 1. The van der Waals surface area contributed by atoms with Gasteiger partial charge in [0.1, 0.15) is 11.3 Å². The highest BCUT2D eigenvalue weighted by molar-refractivity contribution is 5.91. The highest BCUT2D eigenvalue weighted by Gasteiger charge is 2.11. The van der Waals surface area contributed by atoms with Gasteiger partial charge in [-0.25, -0.2) is 4.79 Å². The minimum atomic E-state index is -1.05. The fourth-order valence-corrected chi connectivity index (χ4v) is 1.33. The summed E-state index contributed by atoms with van der Waals surface area (Å²) >= 11 is 0. The Morgan fingerprint density at radius 1 is 1.24 bits per heavy atom. The van der Waals surface area contributed by atoms with Crippen LogP contribution in [0.3, 0.4) is 0 Å². The Bertz CT molecular complexity index is 555. The Balaban J connectivity index is 2.37. The number of nitrogens with zero attached hydrogens (tertiary/aromatic N) is 1. The van der Waals surface area contributed by atoms with E-state index in [1.54, 1.807) is 24.3 Å². The van der Waals surface area contributed by atoms with Gasteiger partial charge in [-0.2, -0.15) is 0 Å². The van der Waals surface area contributed by atoms with Crippen molar-refractivity contribution >= 4 is 11.7 Å². The number of carbonyl (C=O) groups is 1. The van der Waals surface area contributed by atoms with Gasteiger partial charge in [-0.3, -0.25) is 4.98 Å². The van der Waals surface area contributed by atoms with Crippen LogP contribution in [0.1, 0.15) is 10.4 Å². The van der Waals surface area contributed by atoms with Crippen molar-refractivity contribution in [2.75, 3.05) is 5.73 Å². The molecule has 0 aliphatic carbocycles. The third-order valence-electron chi connectivity index (χ3n) is 2.15. The van der Waals surface area contributed by atoms with Crippen LogP contribution in [-0.2, 0) is 0 Å². The van der Waals surface area contributed by atoms with Crippen molar-refractivity contribution in [1.29, 1.82) is 0 Å². The maximum Gasteiger partial charge on any atom is 0.339 e. The molecular formula is C12H10N2O3. The molecule has 0 bridgehead atoms. The molecule has 0 atom stereocenters. The molecule has 0 fully saturated rings. The van der Waals surface area contributed by atoms with Gasteiger partial charge in [-0.15, -0.1) is 0 Å². The lowest BCUT2D eigenvalue weighted by molar-refractivity contribution is 0.0694. The number of carboxylic acid groups (broad SMARTS) is 1. The Hall–Kier alpha value is -2.56. The zero-order chi connectivity index (χ0) is 12.3. The number of nitrogen functional groups attached to an aromatic ring is 1. The number of aromatic nitrogens is 1. The first kappa shape index (κ1) is 10.9.